The molecular weight excluding hydrogens is 410 g/mol. The van der Waals surface area contributed by atoms with Gasteiger partial charge in [0.2, 0.25) is 5.91 Å². The molecule has 1 saturated heterocycles. The molecule has 1 amide bonds. The van der Waals surface area contributed by atoms with E-state index in [1.165, 1.54) is 44.9 Å². The van der Waals surface area contributed by atoms with E-state index in [1.807, 2.05) is 12.1 Å². The Labute approximate surface area is 188 Å². The summed E-state index contributed by atoms with van der Waals surface area (Å²) in [6, 6.07) is 5.49. The summed E-state index contributed by atoms with van der Waals surface area (Å²) in [7, 11) is 0. The normalized spacial score (nSPS) is 21.5. The van der Waals surface area contributed by atoms with Gasteiger partial charge in [0.15, 0.2) is 5.78 Å². The summed E-state index contributed by atoms with van der Waals surface area (Å²) in [5, 5.41) is 4.46. The maximum Gasteiger partial charge on any atom is 0.238 e. The monoisotopic (exact) mass is 441 g/mol. The summed E-state index contributed by atoms with van der Waals surface area (Å²) in [5.74, 6) is 1.85. The fourth-order valence-corrected chi connectivity index (χ4v) is 5.77. The number of Topliss-reactive ketones (excluding diaryl/α,β-unsaturated/α-hetero) is 1. The van der Waals surface area contributed by atoms with Crippen molar-refractivity contribution in [1.82, 2.24) is 9.88 Å². The van der Waals surface area contributed by atoms with E-state index in [-0.39, 0.29) is 17.6 Å². The molecule has 31 heavy (non-hydrogen) atoms. The van der Waals surface area contributed by atoms with E-state index >= 15 is 0 Å². The molecule has 2 aromatic rings. The molecule has 0 unspecified atom stereocenters. The minimum Gasteiger partial charge on any atom is -0.350 e. The molecule has 1 aliphatic heterocycles. The topological polar surface area (TPSA) is 65.2 Å². The lowest BCUT2D eigenvalue weighted by atomic mass is 9.76. The van der Waals surface area contributed by atoms with Crippen LogP contribution in [0.5, 0.6) is 0 Å². The van der Waals surface area contributed by atoms with E-state index in [1.54, 1.807) is 6.07 Å². The number of hydrogen-bond donors (Lipinski definition) is 2. The van der Waals surface area contributed by atoms with Crippen LogP contribution in [-0.2, 0) is 4.79 Å². The number of fused-ring (bicyclic) bond motifs is 1. The van der Waals surface area contributed by atoms with Crippen LogP contribution >= 0.6 is 11.6 Å². The van der Waals surface area contributed by atoms with Crippen molar-refractivity contribution in [3.63, 3.8) is 0 Å². The van der Waals surface area contributed by atoms with Crippen LogP contribution in [0.4, 0.5) is 5.69 Å². The Morgan fingerprint density at radius 1 is 1.00 bits per heavy atom. The van der Waals surface area contributed by atoms with Crippen molar-refractivity contribution >= 4 is 39.9 Å². The van der Waals surface area contributed by atoms with Gasteiger partial charge in [0.1, 0.15) is 5.69 Å². The number of halogens is 1. The molecule has 5 rings (SSSR count). The number of hydrogen-bond acceptors (Lipinski definition) is 3. The van der Waals surface area contributed by atoms with Gasteiger partial charge in [-0.2, -0.15) is 0 Å². The molecule has 3 aliphatic rings. The van der Waals surface area contributed by atoms with Crippen LogP contribution in [0.1, 0.15) is 68.3 Å². The molecule has 0 bridgehead atoms. The number of benzene rings is 1. The molecule has 5 nitrogen and oxygen atoms in total. The number of carbonyl (C=O) groups is 2. The van der Waals surface area contributed by atoms with E-state index in [0.29, 0.717) is 22.9 Å². The van der Waals surface area contributed by atoms with Gasteiger partial charge in [-0.25, -0.2) is 0 Å². The number of piperidine rings is 1. The molecule has 2 N–H and O–H groups in total. The first kappa shape index (κ1) is 21.0. The van der Waals surface area contributed by atoms with Crippen molar-refractivity contribution in [2.45, 2.75) is 57.8 Å². The average Bonchev–Trinajstić information content (AvgIpc) is 3.58. The van der Waals surface area contributed by atoms with Crippen LogP contribution in [0.25, 0.3) is 10.9 Å². The molecule has 1 aromatic heterocycles. The van der Waals surface area contributed by atoms with Crippen LogP contribution in [0, 0.1) is 17.8 Å². The third kappa shape index (κ3) is 4.68. The summed E-state index contributed by atoms with van der Waals surface area (Å²) in [6.07, 6.45) is 11.2. The van der Waals surface area contributed by atoms with E-state index in [0.717, 1.165) is 48.7 Å². The molecule has 3 fully saturated rings. The molecule has 166 valence electrons. The van der Waals surface area contributed by atoms with Gasteiger partial charge in [0.05, 0.1) is 12.2 Å². The number of anilines is 1. The Kier molecular flexibility index (Phi) is 6.07. The van der Waals surface area contributed by atoms with E-state index in [4.69, 9.17) is 11.6 Å². The Morgan fingerprint density at radius 2 is 1.71 bits per heavy atom. The van der Waals surface area contributed by atoms with Gasteiger partial charge in [-0.05, 0) is 68.8 Å². The van der Waals surface area contributed by atoms with E-state index in [9.17, 15) is 9.59 Å². The first-order chi connectivity index (χ1) is 15.1. The number of carbonyl (C=O) groups excluding carboxylic acids is 2. The summed E-state index contributed by atoms with van der Waals surface area (Å²) in [4.78, 5) is 31.2. The van der Waals surface area contributed by atoms with Gasteiger partial charge >= 0.3 is 0 Å². The summed E-state index contributed by atoms with van der Waals surface area (Å²) in [5.41, 5.74) is 1.94. The third-order valence-corrected chi connectivity index (χ3v) is 7.77. The number of H-pyrrole nitrogens is 1. The maximum absolute atomic E-state index is 12.9. The highest BCUT2D eigenvalue weighted by Gasteiger charge is 2.34. The van der Waals surface area contributed by atoms with Gasteiger partial charge in [-0.15, -0.1) is 0 Å². The molecule has 2 aliphatic carbocycles. The lowest BCUT2D eigenvalue weighted by Gasteiger charge is -2.37. The second kappa shape index (κ2) is 8.95. The molecule has 0 radical (unpaired) electrons. The second-order valence-electron chi connectivity index (χ2n) is 9.76. The first-order valence-electron chi connectivity index (χ1n) is 12.0. The van der Waals surface area contributed by atoms with Crippen molar-refractivity contribution in [2.24, 2.45) is 17.8 Å². The zero-order chi connectivity index (χ0) is 21.4. The fraction of sp³-hybridized carbons (Fsp3) is 0.600. The quantitative estimate of drug-likeness (QED) is 0.569. The van der Waals surface area contributed by atoms with Crippen molar-refractivity contribution in [3.05, 3.63) is 28.9 Å². The molecular formula is C25H32ClN3O2. The molecule has 6 heteroatoms. The van der Waals surface area contributed by atoms with Gasteiger partial charge in [-0.1, -0.05) is 43.7 Å². The van der Waals surface area contributed by atoms with Crippen molar-refractivity contribution in [2.75, 3.05) is 25.0 Å². The van der Waals surface area contributed by atoms with E-state index < -0.39 is 0 Å². The van der Waals surface area contributed by atoms with E-state index in [2.05, 4.69) is 15.2 Å². The standard InChI is InChI=1S/C25H32ClN3O2/c26-19-8-9-21-20(14-19)23(24(27-21)25(31)18-6-7-18)28-22(30)15-29-12-10-17(11-13-29)16-4-2-1-3-5-16/h8-9,14,16-18,27H,1-7,10-13,15H2,(H,28,30). The van der Waals surface area contributed by atoms with Crippen LogP contribution in [0.2, 0.25) is 5.02 Å². The fourth-order valence-electron chi connectivity index (χ4n) is 5.60. The van der Waals surface area contributed by atoms with Crippen LogP contribution in [0.3, 0.4) is 0 Å². The highest BCUT2D eigenvalue weighted by molar-refractivity contribution is 6.31. The van der Waals surface area contributed by atoms with Gasteiger partial charge in [0.25, 0.3) is 0 Å². The molecule has 1 aromatic carbocycles. The molecule has 0 spiro atoms. The predicted molar refractivity (Wildman–Crippen MR) is 125 cm³/mol. The molecule has 0 atom stereocenters. The first-order valence-corrected chi connectivity index (χ1v) is 12.3. The smallest absolute Gasteiger partial charge is 0.238 e. The second-order valence-corrected chi connectivity index (χ2v) is 10.2. The highest BCUT2D eigenvalue weighted by Crippen LogP contribution is 2.38. The summed E-state index contributed by atoms with van der Waals surface area (Å²) >= 11 is 6.20. The predicted octanol–water partition coefficient (Wildman–Crippen LogP) is 5.64. The SMILES string of the molecule is O=C(CN1CCC(C2CCCCC2)CC1)Nc1c(C(=O)C2CC2)[nH]c2ccc(Cl)cc12. The molecule has 2 heterocycles. The lowest BCUT2D eigenvalue weighted by Crippen LogP contribution is -2.41. The maximum atomic E-state index is 12.9. The van der Waals surface area contributed by atoms with Crippen LogP contribution < -0.4 is 5.32 Å². The van der Waals surface area contributed by atoms with Crippen LogP contribution in [-0.4, -0.2) is 41.2 Å². The van der Waals surface area contributed by atoms with Crippen molar-refractivity contribution in [1.29, 1.82) is 0 Å². The summed E-state index contributed by atoms with van der Waals surface area (Å²) < 4.78 is 0. The Hall–Kier alpha value is -1.85. The van der Waals surface area contributed by atoms with Crippen molar-refractivity contribution in [3.8, 4) is 0 Å². The number of ketones is 1. The number of aromatic nitrogens is 1. The van der Waals surface area contributed by atoms with Gasteiger partial charge in [-0.3, -0.25) is 14.5 Å². The number of amides is 1. The third-order valence-electron chi connectivity index (χ3n) is 7.54. The number of rotatable bonds is 6. The zero-order valence-electron chi connectivity index (χ0n) is 18.1. The Balaban J connectivity index is 1.24. The summed E-state index contributed by atoms with van der Waals surface area (Å²) in [6.45, 7) is 2.35. The lowest BCUT2D eigenvalue weighted by molar-refractivity contribution is -0.117. The number of nitrogens with zero attached hydrogens (tertiary/aromatic N) is 1. The van der Waals surface area contributed by atoms with Crippen LogP contribution in [0.15, 0.2) is 18.2 Å². The number of likely N-dealkylation sites (tertiary alicyclic amines) is 1. The number of nitrogens with one attached hydrogen (secondary N) is 2. The Morgan fingerprint density at radius 3 is 2.42 bits per heavy atom. The number of aromatic amines is 1. The van der Waals surface area contributed by atoms with Crippen molar-refractivity contribution < 1.29 is 9.59 Å². The average molecular weight is 442 g/mol. The highest BCUT2D eigenvalue weighted by atomic mass is 35.5. The Bertz CT molecular complexity index is 967. The minimum absolute atomic E-state index is 0.0539. The zero-order valence-corrected chi connectivity index (χ0v) is 18.8. The molecule has 2 saturated carbocycles. The largest absolute Gasteiger partial charge is 0.350 e. The van der Waals surface area contributed by atoms with Gasteiger partial charge < -0.3 is 10.3 Å². The van der Waals surface area contributed by atoms with Gasteiger partial charge in [0, 0.05) is 21.8 Å². The minimum atomic E-state index is -0.0539.